The highest BCUT2D eigenvalue weighted by atomic mass is 15.4. The molecule has 90 valence electrons. The third kappa shape index (κ3) is 1.38. The van der Waals surface area contributed by atoms with Crippen molar-refractivity contribution in [1.82, 2.24) is 24.4 Å². The average Bonchev–Trinajstić information content (AvgIpc) is 2.96. The molecule has 0 amide bonds. The summed E-state index contributed by atoms with van der Waals surface area (Å²) in [5, 5.41) is 8.79. The first-order valence-corrected chi connectivity index (χ1v) is 5.95. The fourth-order valence-corrected chi connectivity index (χ4v) is 2.28. The largest absolute Gasteiger partial charge is 0.351 e. The standard InChI is InChI=1S/C12H12N6/c1-4-14-17(6-1)10-8-16(9-10)12-3-2-11-13-5-7-18(11)15-12/h1-7,10H,8-9H2. The number of rotatable bonds is 2. The van der Waals surface area contributed by atoms with Gasteiger partial charge in [0.05, 0.1) is 6.04 Å². The number of hydrogen-bond acceptors (Lipinski definition) is 4. The SMILES string of the molecule is c1cnn(C2CN(c3ccc4nccn4n3)C2)c1. The van der Waals surface area contributed by atoms with Crippen LogP contribution in [0.3, 0.4) is 0 Å². The maximum Gasteiger partial charge on any atom is 0.153 e. The van der Waals surface area contributed by atoms with E-state index in [1.165, 1.54) is 0 Å². The van der Waals surface area contributed by atoms with Gasteiger partial charge in [0, 0.05) is 37.9 Å². The topological polar surface area (TPSA) is 51.2 Å². The van der Waals surface area contributed by atoms with E-state index < -0.39 is 0 Å². The van der Waals surface area contributed by atoms with Crippen LogP contribution < -0.4 is 4.90 Å². The number of fused-ring (bicyclic) bond motifs is 1. The molecule has 0 unspecified atom stereocenters. The zero-order valence-corrected chi connectivity index (χ0v) is 9.72. The van der Waals surface area contributed by atoms with Crippen molar-refractivity contribution in [3.05, 3.63) is 43.0 Å². The Morgan fingerprint density at radius 1 is 1.11 bits per heavy atom. The van der Waals surface area contributed by atoms with Crippen LogP contribution in [-0.4, -0.2) is 37.5 Å². The van der Waals surface area contributed by atoms with E-state index in [0.29, 0.717) is 6.04 Å². The van der Waals surface area contributed by atoms with Crippen molar-refractivity contribution in [3.8, 4) is 0 Å². The van der Waals surface area contributed by atoms with Gasteiger partial charge in [-0.2, -0.15) is 5.10 Å². The van der Waals surface area contributed by atoms with E-state index in [-0.39, 0.29) is 0 Å². The third-order valence-corrected chi connectivity index (χ3v) is 3.33. The summed E-state index contributed by atoms with van der Waals surface area (Å²) in [6.45, 7) is 1.91. The Labute approximate surface area is 103 Å². The minimum atomic E-state index is 0.459. The summed E-state index contributed by atoms with van der Waals surface area (Å²) in [7, 11) is 0. The number of aromatic nitrogens is 5. The molecule has 4 rings (SSSR count). The van der Waals surface area contributed by atoms with Crippen molar-refractivity contribution in [1.29, 1.82) is 0 Å². The van der Waals surface area contributed by atoms with E-state index in [4.69, 9.17) is 0 Å². The number of hydrogen-bond donors (Lipinski definition) is 0. The predicted octanol–water partition coefficient (Wildman–Crippen LogP) is 0.987. The van der Waals surface area contributed by atoms with Gasteiger partial charge in [-0.1, -0.05) is 0 Å². The fourth-order valence-electron chi connectivity index (χ4n) is 2.28. The molecule has 0 N–H and O–H groups in total. The van der Waals surface area contributed by atoms with Gasteiger partial charge in [0.15, 0.2) is 5.65 Å². The molecule has 3 aromatic heterocycles. The molecule has 3 aromatic rings. The first-order chi connectivity index (χ1) is 8.90. The maximum absolute atomic E-state index is 4.52. The van der Waals surface area contributed by atoms with Gasteiger partial charge in [0.1, 0.15) is 5.82 Å². The average molecular weight is 240 g/mol. The van der Waals surface area contributed by atoms with Crippen LogP contribution in [-0.2, 0) is 0 Å². The van der Waals surface area contributed by atoms with Crippen LogP contribution in [0.5, 0.6) is 0 Å². The minimum absolute atomic E-state index is 0.459. The Balaban J connectivity index is 1.55. The highest BCUT2D eigenvalue weighted by Gasteiger charge is 2.29. The van der Waals surface area contributed by atoms with E-state index in [0.717, 1.165) is 24.6 Å². The normalized spacial score (nSPS) is 16.1. The molecular formula is C12H12N6. The second-order valence-electron chi connectivity index (χ2n) is 4.47. The first-order valence-electron chi connectivity index (χ1n) is 5.95. The van der Waals surface area contributed by atoms with Crippen molar-refractivity contribution in [2.24, 2.45) is 0 Å². The van der Waals surface area contributed by atoms with E-state index in [1.807, 2.05) is 41.5 Å². The second-order valence-corrected chi connectivity index (χ2v) is 4.47. The maximum atomic E-state index is 4.52. The lowest BCUT2D eigenvalue weighted by molar-refractivity contribution is 0.365. The van der Waals surface area contributed by atoms with Crippen LogP contribution in [0, 0.1) is 0 Å². The number of nitrogens with zero attached hydrogens (tertiary/aromatic N) is 6. The molecule has 1 fully saturated rings. The van der Waals surface area contributed by atoms with Gasteiger partial charge in [-0.25, -0.2) is 9.50 Å². The fraction of sp³-hybridized carbons (Fsp3) is 0.250. The van der Waals surface area contributed by atoms with Gasteiger partial charge < -0.3 is 4.90 Å². The van der Waals surface area contributed by atoms with E-state index in [1.54, 1.807) is 10.7 Å². The van der Waals surface area contributed by atoms with Crippen LogP contribution in [0.4, 0.5) is 5.82 Å². The second kappa shape index (κ2) is 3.56. The molecule has 0 aromatic carbocycles. The van der Waals surface area contributed by atoms with Crippen molar-refractivity contribution in [3.63, 3.8) is 0 Å². The summed E-state index contributed by atoms with van der Waals surface area (Å²) in [6.07, 6.45) is 7.45. The molecule has 0 atom stereocenters. The predicted molar refractivity (Wildman–Crippen MR) is 66.5 cm³/mol. The van der Waals surface area contributed by atoms with Gasteiger partial charge in [-0.15, -0.1) is 5.10 Å². The molecule has 0 saturated carbocycles. The quantitative estimate of drug-likeness (QED) is 0.670. The molecule has 6 nitrogen and oxygen atoms in total. The Morgan fingerprint density at radius 2 is 2.06 bits per heavy atom. The molecule has 18 heavy (non-hydrogen) atoms. The monoisotopic (exact) mass is 240 g/mol. The highest BCUT2D eigenvalue weighted by Crippen LogP contribution is 2.25. The zero-order valence-electron chi connectivity index (χ0n) is 9.72. The smallest absolute Gasteiger partial charge is 0.153 e. The van der Waals surface area contributed by atoms with Crippen molar-refractivity contribution < 1.29 is 0 Å². The molecule has 0 bridgehead atoms. The summed E-state index contributed by atoms with van der Waals surface area (Å²) in [4.78, 5) is 6.43. The molecular weight excluding hydrogens is 228 g/mol. The van der Waals surface area contributed by atoms with Crippen LogP contribution >= 0.6 is 0 Å². The Hall–Kier alpha value is -2.37. The van der Waals surface area contributed by atoms with Crippen molar-refractivity contribution >= 4 is 11.5 Å². The lowest BCUT2D eigenvalue weighted by atomic mass is 10.1. The highest BCUT2D eigenvalue weighted by molar-refractivity contribution is 5.47. The molecule has 0 aliphatic carbocycles. The Kier molecular flexibility index (Phi) is 1.91. The number of imidazole rings is 1. The Morgan fingerprint density at radius 3 is 2.89 bits per heavy atom. The summed E-state index contributed by atoms with van der Waals surface area (Å²) in [5.74, 6) is 0.990. The summed E-state index contributed by atoms with van der Waals surface area (Å²) in [5.41, 5.74) is 0.878. The van der Waals surface area contributed by atoms with E-state index in [2.05, 4.69) is 20.1 Å². The lowest BCUT2D eigenvalue weighted by Crippen LogP contribution is -2.48. The zero-order chi connectivity index (χ0) is 11.9. The van der Waals surface area contributed by atoms with Crippen LogP contribution in [0.15, 0.2) is 43.0 Å². The van der Waals surface area contributed by atoms with Gasteiger partial charge in [0.2, 0.25) is 0 Å². The van der Waals surface area contributed by atoms with Crippen molar-refractivity contribution in [2.45, 2.75) is 6.04 Å². The van der Waals surface area contributed by atoms with Crippen LogP contribution in [0.1, 0.15) is 6.04 Å². The van der Waals surface area contributed by atoms with E-state index in [9.17, 15) is 0 Å². The molecule has 0 spiro atoms. The molecule has 1 aliphatic rings. The summed E-state index contributed by atoms with van der Waals surface area (Å²) in [6, 6.07) is 6.42. The van der Waals surface area contributed by atoms with Crippen molar-refractivity contribution in [2.75, 3.05) is 18.0 Å². The Bertz CT molecular complexity index is 665. The minimum Gasteiger partial charge on any atom is -0.351 e. The van der Waals surface area contributed by atoms with Gasteiger partial charge >= 0.3 is 0 Å². The summed E-state index contributed by atoms with van der Waals surface area (Å²) >= 11 is 0. The first kappa shape index (κ1) is 9.64. The van der Waals surface area contributed by atoms with Gasteiger partial charge in [-0.3, -0.25) is 4.68 Å². The number of anilines is 1. The molecule has 0 radical (unpaired) electrons. The van der Waals surface area contributed by atoms with Crippen LogP contribution in [0.25, 0.3) is 5.65 Å². The van der Waals surface area contributed by atoms with Gasteiger partial charge in [0.25, 0.3) is 0 Å². The van der Waals surface area contributed by atoms with E-state index >= 15 is 0 Å². The molecule has 1 saturated heterocycles. The third-order valence-electron chi connectivity index (χ3n) is 3.33. The molecule has 4 heterocycles. The summed E-state index contributed by atoms with van der Waals surface area (Å²) < 4.78 is 3.81. The van der Waals surface area contributed by atoms with Gasteiger partial charge in [-0.05, 0) is 18.2 Å². The molecule has 1 aliphatic heterocycles. The van der Waals surface area contributed by atoms with Crippen LogP contribution in [0.2, 0.25) is 0 Å². The molecule has 6 heteroatoms. The lowest BCUT2D eigenvalue weighted by Gasteiger charge is -2.39.